The second-order valence-electron chi connectivity index (χ2n) is 4.36. The van der Waals surface area contributed by atoms with Gasteiger partial charge in [0.25, 0.3) is 5.56 Å². The Balaban J connectivity index is 1.76. The quantitative estimate of drug-likeness (QED) is 0.765. The van der Waals surface area contributed by atoms with Crippen molar-refractivity contribution in [2.75, 3.05) is 13.1 Å². The smallest absolute Gasteiger partial charge is 0.250 e. The summed E-state index contributed by atoms with van der Waals surface area (Å²) >= 11 is 0. The molecule has 100 valence electrons. The summed E-state index contributed by atoms with van der Waals surface area (Å²) in [6.07, 6.45) is 1.24. The lowest BCUT2D eigenvalue weighted by Gasteiger charge is -2.12. The number of aliphatic hydroxyl groups is 1. The van der Waals surface area contributed by atoms with Crippen molar-refractivity contribution < 1.29 is 5.11 Å². The summed E-state index contributed by atoms with van der Waals surface area (Å²) in [5.74, 6) is 0. The molecular weight excluding hydrogens is 240 g/mol. The van der Waals surface area contributed by atoms with Crippen LogP contribution in [0.25, 0.3) is 0 Å². The van der Waals surface area contributed by atoms with Gasteiger partial charge in [-0.25, -0.2) is 0 Å². The predicted octanol–water partition coefficient (Wildman–Crippen LogP) is 1.17. The van der Waals surface area contributed by atoms with Gasteiger partial charge in [-0.15, -0.1) is 0 Å². The summed E-state index contributed by atoms with van der Waals surface area (Å²) in [4.78, 5) is 11.5. The maximum absolute atomic E-state index is 11.5. The molecule has 0 bridgehead atoms. The van der Waals surface area contributed by atoms with Gasteiger partial charge in [0.05, 0.1) is 6.10 Å². The molecule has 0 amide bonds. The van der Waals surface area contributed by atoms with Crippen molar-refractivity contribution in [1.29, 1.82) is 0 Å². The van der Waals surface area contributed by atoms with E-state index in [2.05, 4.69) is 5.32 Å². The molecule has 0 aliphatic carbocycles. The van der Waals surface area contributed by atoms with Gasteiger partial charge in [0.2, 0.25) is 0 Å². The van der Waals surface area contributed by atoms with Crippen LogP contribution in [0.15, 0.2) is 59.5 Å². The van der Waals surface area contributed by atoms with E-state index in [0.29, 0.717) is 19.6 Å². The van der Waals surface area contributed by atoms with Gasteiger partial charge in [0.15, 0.2) is 0 Å². The molecule has 0 aliphatic heterocycles. The van der Waals surface area contributed by atoms with Crippen LogP contribution in [-0.4, -0.2) is 22.8 Å². The Morgan fingerprint density at radius 1 is 1.11 bits per heavy atom. The van der Waals surface area contributed by atoms with Crippen molar-refractivity contribution in [2.24, 2.45) is 0 Å². The van der Waals surface area contributed by atoms with Crippen molar-refractivity contribution in [1.82, 2.24) is 9.88 Å². The van der Waals surface area contributed by atoms with Gasteiger partial charge in [-0.2, -0.15) is 0 Å². The van der Waals surface area contributed by atoms with Crippen molar-refractivity contribution in [2.45, 2.75) is 12.6 Å². The zero-order valence-corrected chi connectivity index (χ0v) is 10.7. The van der Waals surface area contributed by atoms with Crippen LogP contribution in [0.3, 0.4) is 0 Å². The van der Waals surface area contributed by atoms with Crippen molar-refractivity contribution in [3.05, 3.63) is 70.6 Å². The lowest BCUT2D eigenvalue weighted by molar-refractivity contribution is 0.174. The Labute approximate surface area is 112 Å². The van der Waals surface area contributed by atoms with Crippen LogP contribution in [0.5, 0.6) is 0 Å². The monoisotopic (exact) mass is 258 g/mol. The molecule has 4 heteroatoms. The lowest BCUT2D eigenvalue weighted by atomic mass is 10.1. The van der Waals surface area contributed by atoms with Crippen LogP contribution in [0.1, 0.15) is 11.7 Å². The summed E-state index contributed by atoms with van der Waals surface area (Å²) in [7, 11) is 0. The van der Waals surface area contributed by atoms with E-state index in [1.807, 2.05) is 36.4 Å². The number of aromatic nitrogens is 1. The highest BCUT2D eigenvalue weighted by molar-refractivity contribution is 5.17. The molecular formula is C15H18N2O2. The first-order chi connectivity index (χ1) is 9.27. The summed E-state index contributed by atoms with van der Waals surface area (Å²) < 4.78 is 1.64. The van der Waals surface area contributed by atoms with E-state index in [0.717, 1.165) is 5.56 Å². The molecule has 0 aliphatic rings. The molecule has 1 aromatic heterocycles. The van der Waals surface area contributed by atoms with Crippen molar-refractivity contribution >= 4 is 0 Å². The first-order valence-corrected chi connectivity index (χ1v) is 6.36. The van der Waals surface area contributed by atoms with Crippen LogP contribution in [0, 0.1) is 0 Å². The van der Waals surface area contributed by atoms with Gasteiger partial charge in [-0.1, -0.05) is 36.4 Å². The van der Waals surface area contributed by atoms with Crippen LogP contribution in [0.4, 0.5) is 0 Å². The van der Waals surface area contributed by atoms with E-state index < -0.39 is 6.10 Å². The largest absolute Gasteiger partial charge is 0.387 e. The van der Waals surface area contributed by atoms with Gasteiger partial charge in [0, 0.05) is 31.9 Å². The number of aliphatic hydroxyl groups excluding tert-OH is 1. The molecule has 0 spiro atoms. The van der Waals surface area contributed by atoms with Crippen LogP contribution in [-0.2, 0) is 6.54 Å². The number of rotatable bonds is 6. The highest BCUT2D eigenvalue weighted by Crippen LogP contribution is 2.10. The summed E-state index contributed by atoms with van der Waals surface area (Å²) in [5.41, 5.74) is 0.889. The molecule has 0 radical (unpaired) electrons. The van der Waals surface area contributed by atoms with Gasteiger partial charge >= 0.3 is 0 Å². The number of nitrogens with one attached hydrogen (secondary N) is 1. The van der Waals surface area contributed by atoms with E-state index in [4.69, 9.17) is 0 Å². The third kappa shape index (κ3) is 4.05. The topological polar surface area (TPSA) is 54.3 Å². The molecule has 1 atom stereocenters. The minimum Gasteiger partial charge on any atom is -0.387 e. The van der Waals surface area contributed by atoms with E-state index in [9.17, 15) is 9.90 Å². The number of hydrogen-bond acceptors (Lipinski definition) is 3. The summed E-state index contributed by atoms with van der Waals surface area (Å²) in [5, 5.41) is 13.1. The summed E-state index contributed by atoms with van der Waals surface area (Å²) in [6.45, 7) is 1.72. The Morgan fingerprint density at radius 2 is 1.84 bits per heavy atom. The van der Waals surface area contributed by atoms with E-state index in [1.54, 1.807) is 22.9 Å². The van der Waals surface area contributed by atoms with E-state index in [1.165, 1.54) is 0 Å². The van der Waals surface area contributed by atoms with E-state index in [-0.39, 0.29) is 5.56 Å². The second-order valence-corrected chi connectivity index (χ2v) is 4.36. The Kier molecular flexibility index (Phi) is 4.89. The number of benzene rings is 1. The zero-order chi connectivity index (χ0) is 13.5. The number of pyridine rings is 1. The van der Waals surface area contributed by atoms with Crippen molar-refractivity contribution in [3.63, 3.8) is 0 Å². The second kappa shape index (κ2) is 6.87. The molecule has 2 aromatic rings. The summed E-state index contributed by atoms with van der Waals surface area (Å²) in [6, 6.07) is 14.6. The third-order valence-corrected chi connectivity index (χ3v) is 2.95. The standard InChI is InChI=1S/C15H18N2O2/c18-14(13-6-2-1-3-7-13)12-16-9-11-17-10-5-4-8-15(17)19/h1-8,10,14,16,18H,9,11-12H2. The molecule has 4 nitrogen and oxygen atoms in total. The average molecular weight is 258 g/mol. The van der Waals surface area contributed by atoms with Gasteiger partial charge in [-0.3, -0.25) is 4.79 Å². The predicted molar refractivity (Wildman–Crippen MR) is 75.0 cm³/mol. The highest BCUT2D eigenvalue weighted by Gasteiger charge is 2.05. The molecule has 2 N–H and O–H groups in total. The zero-order valence-electron chi connectivity index (χ0n) is 10.7. The fourth-order valence-corrected chi connectivity index (χ4v) is 1.88. The molecule has 0 saturated carbocycles. The lowest BCUT2D eigenvalue weighted by Crippen LogP contribution is -2.28. The molecule has 1 heterocycles. The first kappa shape index (κ1) is 13.5. The molecule has 1 aromatic carbocycles. The minimum atomic E-state index is -0.520. The molecule has 1 unspecified atom stereocenters. The Hall–Kier alpha value is -1.91. The SMILES string of the molecule is O=c1ccccn1CCNCC(O)c1ccccc1. The molecule has 19 heavy (non-hydrogen) atoms. The highest BCUT2D eigenvalue weighted by atomic mass is 16.3. The fourth-order valence-electron chi connectivity index (χ4n) is 1.88. The molecule has 2 rings (SSSR count). The molecule has 0 fully saturated rings. The minimum absolute atomic E-state index is 0.00657. The molecule has 0 saturated heterocycles. The van der Waals surface area contributed by atoms with Crippen LogP contribution < -0.4 is 10.9 Å². The van der Waals surface area contributed by atoms with Gasteiger partial charge < -0.3 is 15.0 Å². The third-order valence-electron chi connectivity index (χ3n) is 2.95. The van der Waals surface area contributed by atoms with E-state index >= 15 is 0 Å². The first-order valence-electron chi connectivity index (χ1n) is 6.36. The van der Waals surface area contributed by atoms with Gasteiger partial charge in [0.1, 0.15) is 0 Å². The van der Waals surface area contributed by atoms with Crippen LogP contribution >= 0.6 is 0 Å². The normalized spacial score (nSPS) is 12.3. The fraction of sp³-hybridized carbons (Fsp3) is 0.267. The van der Waals surface area contributed by atoms with Crippen LogP contribution in [0.2, 0.25) is 0 Å². The maximum Gasteiger partial charge on any atom is 0.250 e. The number of hydrogen-bond donors (Lipinski definition) is 2. The maximum atomic E-state index is 11.5. The number of nitrogens with zero attached hydrogens (tertiary/aromatic N) is 1. The average Bonchev–Trinajstić information content (AvgIpc) is 2.46. The van der Waals surface area contributed by atoms with Crippen molar-refractivity contribution in [3.8, 4) is 0 Å². The van der Waals surface area contributed by atoms with Gasteiger partial charge in [-0.05, 0) is 11.6 Å². The Morgan fingerprint density at radius 3 is 2.58 bits per heavy atom. The Bertz CT molecular complexity index is 551.